The molecule has 0 bridgehead atoms. The molecule has 6 nitrogen and oxygen atoms in total. The molecule has 0 radical (unpaired) electrons. The van der Waals surface area contributed by atoms with E-state index < -0.39 is 0 Å². The van der Waals surface area contributed by atoms with Crippen molar-refractivity contribution >= 4 is 18.3 Å². The van der Waals surface area contributed by atoms with Gasteiger partial charge in [0.05, 0.1) is 5.69 Å². The summed E-state index contributed by atoms with van der Waals surface area (Å²) in [7, 11) is 1.81. The van der Waals surface area contributed by atoms with Crippen molar-refractivity contribution in [3.63, 3.8) is 0 Å². The Morgan fingerprint density at radius 2 is 2.09 bits per heavy atom. The number of hydrogen-bond acceptors (Lipinski definition) is 4. The quantitative estimate of drug-likeness (QED) is 0.905. The maximum Gasteiger partial charge on any atom is 0.253 e. The zero-order valence-electron chi connectivity index (χ0n) is 14.0. The third-order valence-electron chi connectivity index (χ3n) is 3.69. The van der Waals surface area contributed by atoms with Crippen molar-refractivity contribution in [3.8, 4) is 5.69 Å². The van der Waals surface area contributed by atoms with Gasteiger partial charge < -0.3 is 10.6 Å². The van der Waals surface area contributed by atoms with Gasteiger partial charge in [0.15, 0.2) is 0 Å². The number of aromatic nitrogens is 3. The van der Waals surface area contributed by atoms with Gasteiger partial charge in [-0.05, 0) is 42.6 Å². The number of carbonyl (C=O) groups excluding carboxylic acids is 1. The highest BCUT2D eigenvalue weighted by Gasteiger charge is 2.22. The summed E-state index contributed by atoms with van der Waals surface area (Å²) >= 11 is 0. The molecule has 1 aromatic carbocycles. The molecule has 0 aliphatic carbocycles. The monoisotopic (exact) mass is 337 g/mol. The van der Waals surface area contributed by atoms with Crippen LogP contribution in [0.25, 0.3) is 5.69 Å². The fourth-order valence-corrected chi connectivity index (χ4v) is 2.36. The molecule has 0 saturated heterocycles. The molecule has 126 valence electrons. The van der Waals surface area contributed by atoms with E-state index in [4.69, 9.17) is 5.73 Å². The first-order valence-electron chi connectivity index (χ1n) is 7.25. The van der Waals surface area contributed by atoms with Crippen LogP contribution in [-0.2, 0) is 0 Å². The summed E-state index contributed by atoms with van der Waals surface area (Å²) in [6, 6.07) is 5.64. The summed E-state index contributed by atoms with van der Waals surface area (Å²) in [5.41, 5.74) is 8.14. The topological polar surface area (TPSA) is 77.0 Å². The smallest absolute Gasteiger partial charge is 0.253 e. The van der Waals surface area contributed by atoms with Gasteiger partial charge in [0.2, 0.25) is 0 Å². The highest BCUT2D eigenvalue weighted by atomic mass is 35.5. The number of halogens is 1. The maximum atomic E-state index is 12.6. The van der Waals surface area contributed by atoms with E-state index in [1.807, 2.05) is 32.2 Å². The average Bonchev–Trinajstić information content (AvgIpc) is 3.00. The SMILES string of the molecule is Cc1cc(-n2cncn2)ccc1C(=O)N(C)CC(C)(C)CN.Cl. The van der Waals surface area contributed by atoms with Crippen molar-refractivity contribution in [2.24, 2.45) is 11.1 Å². The Morgan fingerprint density at radius 3 is 2.61 bits per heavy atom. The third-order valence-corrected chi connectivity index (χ3v) is 3.69. The van der Waals surface area contributed by atoms with Gasteiger partial charge in [-0.2, -0.15) is 5.10 Å². The van der Waals surface area contributed by atoms with Gasteiger partial charge in [-0.25, -0.2) is 9.67 Å². The Bertz CT molecular complexity index is 654. The number of rotatable bonds is 5. The first-order valence-corrected chi connectivity index (χ1v) is 7.25. The van der Waals surface area contributed by atoms with Crippen molar-refractivity contribution in [2.45, 2.75) is 20.8 Å². The van der Waals surface area contributed by atoms with E-state index in [9.17, 15) is 4.79 Å². The van der Waals surface area contributed by atoms with Crippen molar-refractivity contribution in [2.75, 3.05) is 20.1 Å². The fraction of sp³-hybridized carbons (Fsp3) is 0.438. The molecule has 0 fully saturated rings. The summed E-state index contributed by atoms with van der Waals surface area (Å²) in [5, 5.41) is 4.09. The number of nitrogens with zero attached hydrogens (tertiary/aromatic N) is 4. The second kappa shape index (κ2) is 7.57. The molecule has 0 aliphatic rings. The van der Waals surface area contributed by atoms with Gasteiger partial charge in [-0.3, -0.25) is 4.79 Å². The molecule has 0 spiro atoms. The summed E-state index contributed by atoms with van der Waals surface area (Å²) in [5.74, 6) is 0.00386. The van der Waals surface area contributed by atoms with Gasteiger partial charge in [-0.1, -0.05) is 13.8 Å². The molecular weight excluding hydrogens is 314 g/mol. The fourth-order valence-electron chi connectivity index (χ4n) is 2.36. The van der Waals surface area contributed by atoms with Crippen molar-refractivity contribution in [3.05, 3.63) is 42.0 Å². The highest BCUT2D eigenvalue weighted by molar-refractivity contribution is 5.95. The first kappa shape index (κ1) is 19.1. The summed E-state index contributed by atoms with van der Waals surface area (Å²) in [6.07, 6.45) is 3.11. The minimum absolute atomic E-state index is 0. The number of amides is 1. The average molecular weight is 338 g/mol. The molecule has 1 heterocycles. The molecule has 0 atom stereocenters. The van der Waals surface area contributed by atoms with Gasteiger partial charge in [0, 0.05) is 19.2 Å². The van der Waals surface area contributed by atoms with Crippen molar-refractivity contribution in [1.29, 1.82) is 0 Å². The normalized spacial score (nSPS) is 11.0. The van der Waals surface area contributed by atoms with Gasteiger partial charge in [0.25, 0.3) is 5.91 Å². The van der Waals surface area contributed by atoms with Crippen LogP contribution in [0.15, 0.2) is 30.9 Å². The molecule has 23 heavy (non-hydrogen) atoms. The van der Waals surface area contributed by atoms with Crippen LogP contribution < -0.4 is 5.73 Å². The van der Waals surface area contributed by atoms with Crippen molar-refractivity contribution < 1.29 is 4.79 Å². The van der Waals surface area contributed by atoms with E-state index in [1.54, 1.807) is 15.9 Å². The standard InChI is InChI=1S/C16H23N5O.ClH/c1-12-7-13(21-11-18-10-19-21)5-6-14(12)15(22)20(4)9-16(2,3)8-17;/h5-7,10-11H,8-9,17H2,1-4H3;1H. The molecular formula is C16H24ClN5O. The maximum absolute atomic E-state index is 12.6. The Labute approximate surface area is 143 Å². The molecule has 0 saturated carbocycles. The summed E-state index contributed by atoms with van der Waals surface area (Å²) < 4.78 is 1.67. The van der Waals surface area contributed by atoms with E-state index in [0.717, 1.165) is 11.3 Å². The lowest BCUT2D eigenvalue weighted by atomic mass is 9.93. The largest absolute Gasteiger partial charge is 0.341 e. The van der Waals surface area contributed by atoms with Crippen LogP contribution >= 0.6 is 12.4 Å². The molecule has 2 aromatic rings. The van der Waals surface area contributed by atoms with E-state index in [0.29, 0.717) is 18.7 Å². The lowest BCUT2D eigenvalue weighted by Crippen LogP contribution is -2.40. The molecule has 0 unspecified atom stereocenters. The molecule has 2 rings (SSSR count). The van der Waals surface area contributed by atoms with Crippen LogP contribution in [0.4, 0.5) is 0 Å². The molecule has 1 amide bonds. The van der Waals surface area contributed by atoms with E-state index in [2.05, 4.69) is 23.9 Å². The Hall–Kier alpha value is -1.92. The lowest BCUT2D eigenvalue weighted by Gasteiger charge is -2.29. The molecule has 7 heteroatoms. The van der Waals surface area contributed by atoms with Crippen LogP contribution in [-0.4, -0.2) is 45.7 Å². The predicted molar refractivity (Wildman–Crippen MR) is 93.1 cm³/mol. The Kier molecular flexibility index (Phi) is 6.29. The summed E-state index contributed by atoms with van der Waals surface area (Å²) in [6.45, 7) is 7.19. The van der Waals surface area contributed by atoms with Crippen LogP contribution in [0, 0.1) is 12.3 Å². The Balaban J connectivity index is 0.00000264. The number of nitrogens with two attached hydrogens (primary N) is 1. The van der Waals surface area contributed by atoms with Crippen LogP contribution in [0.5, 0.6) is 0 Å². The number of benzene rings is 1. The first-order chi connectivity index (χ1) is 10.3. The molecule has 2 N–H and O–H groups in total. The third kappa shape index (κ3) is 4.53. The lowest BCUT2D eigenvalue weighted by molar-refractivity contribution is 0.0740. The highest BCUT2D eigenvalue weighted by Crippen LogP contribution is 2.19. The molecule has 0 aliphatic heterocycles. The van der Waals surface area contributed by atoms with E-state index in [-0.39, 0.29) is 23.7 Å². The second-order valence-electron chi connectivity index (χ2n) is 6.37. The van der Waals surface area contributed by atoms with Gasteiger partial charge in [-0.15, -0.1) is 12.4 Å². The minimum Gasteiger partial charge on any atom is -0.341 e. The Morgan fingerprint density at radius 1 is 1.39 bits per heavy atom. The van der Waals surface area contributed by atoms with Crippen molar-refractivity contribution in [1.82, 2.24) is 19.7 Å². The number of carbonyl (C=O) groups is 1. The predicted octanol–water partition coefficient (Wildman–Crippen LogP) is 2.05. The van der Waals surface area contributed by atoms with Gasteiger partial charge in [0.1, 0.15) is 12.7 Å². The number of aryl methyl sites for hydroxylation is 1. The summed E-state index contributed by atoms with van der Waals surface area (Å²) in [4.78, 5) is 18.3. The number of hydrogen-bond donors (Lipinski definition) is 1. The zero-order valence-corrected chi connectivity index (χ0v) is 14.8. The van der Waals surface area contributed by atoms with Gasteiger partial charge >= 0.3 is 0 Å². The van der Waals surface area contributed by atoms with E-state index in [1.165, 1.54) is 6.33 Å². The minimum atomic E-state index is -0.0982. The second-order valence-corrected chi connectivity index (χ2v) is 6.37. The van der Waals surface area contributed by atoms with E-state index >= 15 is 0 Å². The van der Waals surface area contributed by atoms with Crippen LogP contribution in [0.3, 0.4) is 0 Å². The zero-order chi connectivity index (χ0) is 16.3. The van der Waals surface area contributed by atoms with Crippen LogP contribution in [0.2, 0.25) is 0 Å². The van der Waals surface area contributed by atoms with Crippen LogP contribution in [0.1, 0.15) is 29.8 Å². The molecule has 1 aromatic heterocycles.